The van der Waals surface area contributed by atoms with Crippen LogP contribution >= 0.6 is 0 Å². The molecular formula is C25H33N7O2. The van der Waals surface area contributed by atoms with Crippen molar-refractivity contribution in [2.24, 2.45) is 0 Å². The van der Waals surface area contributed by atoms with Crippen molar-refractivity contribution in [3.63, 3.8) is 0 Å². The van der Waals surface area contributed by atoms with Crippen molar-refractivity contribution in [3.05, 3.63) is 47.4 Å². The van der Waals surface area contributed by atoms with E-state index in [1.165, 1.54) is 0 Å². The number of ether oxygens (including phenoxy) is 1. The smallest absolute Gasteiger partial charge is 0.228 e. The number of nitrogens with one attached hydrogen (secondary N) is 1. The minimum absolute atomic E-state index is 0.00215. The van der Waals surface area contributed by atoms with E-state index in [2.05, 4.69) is 42.2 Å². The Bertz CT molecular complexity index is 1190. The Balaban J connectivity index is 1.38. The van der Waals surface area contributed by atoms with Crippen LogP contribution in [0.3, 0.4) is 0 Å². The fourth-order valence-corrected chi connectivity index (χ4v) is 4.82. The number of anilines is 1. The number of rotatable bonds is 8. The van der Waals surface area contributed by atoms with E-state index in [0.717, 1.165) is 54.4 Å². The molecular weight excluding hydrogens is 430 g/mol. The van der Waals surface area contributed by atoms with E-state index in [1.807, 2.05) is 29.3 Å². The second-order valence-corrected chi connectivity index (χ2v) is 9.63. The Kier molecular flexibility index (Phi) is 6.12. The van der Waals surface area contributed by atoms with E-state index in [9.17, 15) is 4.79 Å². The van der Waals surface area contributed by atoms with Crippen LogP contribution in [0.5, 0.6) is 5.75 Å². The van der Waals surface area contributed by atoms with Crippen LogP contribution in [0.25, 0.3) is 5.65 Å². The number of fused-ring (bicyclic) bond motifs is 1. The molecule has 0 bridgehead atoms. The molecule has 2 fully saturated rings. The quantitative estimate of drug-likeness (QED) is 0.549. The maximum atomic E-state index is 12.1. The first-order valence-corrected chi connectivity index (χ1v) is 12.1. The zero-order chi connectivity index (χ0) is 23.8. The van der Waals surface area contributed by atoms with Crippen molar-refractivity contribution in [1.82, 2.24) is 29.4 Å². The molecule has 180 valence electrons. The molecule has 1 atom stereocenters. The topological polar surface area (TPSA) is 87.9 Å². The van der Waals surface area contributed by atoms with E-state index in [-0.39, 0.29) is 6.04 Å². The average molecular weight is 464 g/mol. The number of carbonyl (C=O) groups excluding carboxylic acids is 1. The fraction of sp³-hybridized carbons (Fsp3) is 0.520. The van der Waals surface area contributed by atoms with Crippen molar-refractivity contribution in [3.8, 4) is 5.75 Å². The monoisotopic (exact) mass is 463 g/mol. The first-order valence-electron chi connectivity index (χ1n) is 12.1. The summed E-state index contributed by atoms with van der Waals surface area (Å²) in [5, 5.41) is 8.13. The third-order valence-corrected chi connectivity index (χ3v) is 6.86. The Morgan fingerprint density at radius 2 is 2.03 bits per heavy atom. The van der Waals surface area contributed by atoms with Crippen molar-refractivity contribution in [2.75, 3.05) is 32.1 Å². The van der Waals surface area contributed by atoms with Crippen molar-refractivity contribution < 1.29 is 9.53 Å². The second kappa shape index (κ2) is 9.21. The highest BCUT2D eigenvalue weighted by atomic mass is 16.5. The first-order chi connectivity index (χ1) is 16.4. The second-order valence-electron chi connectivity index (χ2n) is 9.63. The summed E-state index contributed by atoms with van der Waals surface area (Å²) in [6.07, 6.45) is 3.56. The lowest BCUT2D eigenvalue weighted by Gasteiger charge is -2.43. The number of aromatic nitrogens is 4. The Morgan fingerprint density at radius 1 is 1.21 bits per heavy atom. The van der Waals surface area contributed by atoms with Crippen LogP contribution in [0.2, 0.25) is 0 Å². The maximum absolute atomic E-state index is 12.1. The zero-order valence-electron chi connectivity index (χ0n) is 20.4. The molecule has 2 aromatic heterocycles. The molecule has 1 aromatic carbocycles. The van der Waals surface area contributed by atoms with Crippen LogP contribution in [0.4, 0.5) is 5.95 Å². The molecule has 5 rings (SSSR count). The molecule has 9 nitrogen and oxygen atoms in total. The van der Waals surface area contributed by atoms with Gasteiger partial charge in [-0.25, -0.2) is 4.98 Å². The summed E-state index contributed by atoms with van der Waals surface area (Å²) in [5.74, 6) is 2.86. The van der Waals surface area contributed by atoms with Gasteiger partial charge in [0, 0.05) is 31.6 Å². The van der Waals surface area contributed by atoms with E-state index in [1.54, 1.807) is 11.6 Å². The summed E-state index contributed by atoms with van der Waals surface area (Å²) in [5.41, 5.74) is 3.04. The molecule has 3 aromatic rings. The molecule has 0 radical (unpaired) electrons. The number of hydrogen-bond donors (Lipinski definition) is 1. The third-order valence-electron chi connectivity index (χ3n) is 6.86. The van der Waals surface area contributed by atoms with Gasteiger partial charge in [0.15, 0.2) is 5.65 Å². The fourth-order valence-electron chi connectivity index (χ4n) is 4.82. The molecule has 2 aliphatic rings. The summed E-state index contributed by atoms with van der Waals surface area (Å²) in [6.45, 7) is 9.70. The van der Waals surface area contributed by atoms with Gasteiger partial charge in [0.05, 0.1) is 31.9 Å². The van der Waals surface area contributed by atoms with Gasteiger partial charge >= 0.3 is 0 Å². The van der Waals surface area contributed by atoms with Gasteiger partial charge in [0.2, 0.25) is 11.9 Å². The molecule has 4 heterocycles. The van der Waals surface area contributed by atoms with Gasteiger partial charge < -0.3 is 15.0 Å². The molecule has 9 heteroatoms. The molecule has 2 saturated heterocycles. The summed E-state index contributed by atoms with van der Waals surface area (Å²) in [6, 6.07) is 8.36. The van der Waals surface area contributed by atoms with Crippen LogP contribution in [0, 0.1) is 0 Å². The number of likely N-dealkylation sites (tertiary alicyclic amines) is 2. The van der Waals surface area contributed by atoms with Gasteiger partial charge in [0.25, 0.3) is 0 Å². The zero-order valence-corrected chi connectivity index (χ0v) is 20.4. The predicted octanol–water partition coefficient (Wildman–Crippen LogP) is 3.24. The van der Waals surface area contributed by atoms with Crippen LogP contribution in [0.1, 0.15) is 62.5 Å². The van der Waals surface area contributed by atoms with Crippen LogP contribution < -0.4 is 10.1 Å². The number of amides is 1. The lowest BCUT2D eigenvalue weighted by Crippen LogP contribution is -2.59. The van der Waals surface area contributed by atoms with Crippen molar-refractivity contribution in [1.29, 1.82) is 0 Å². The Morgan fingerprint density at radius 3 is 2.74 bits per heavy atom. The van der Waals surface area contributed by atoms with Gasteiger partial charge in [-0.3, -0.25) is 9.69 Å². The van der Waals surface area contributed by atoms with Gasteiger partial charge in [-0.05, 0) is 37.0 Å². The minimum atomic E-state index is 0.00215. The molecule has 1 amide bonds. The largest absolute Gasteiger partial charge is 0.497 e. The van der Waals surface area contributed by atoms with E-state index in [0.29, 0.717) is 36.8 Å². The summed E-state index contributed by atoms with van der Waals surface area (Å²) >= 11 is 0. The predicted molar refractivity (Wildman–Crippen MR) is 130 cm³/mol. The SMILES string of the molecule is COc1cccc(C(C)Nc2nc(CN3CC(N4CCCC4=O)C3)nc3c(C(C)C)cnn23)c1. The molecule has 0 spiro atoms. The van der Waals surface area contributed by atoms with Crippen molar-refractivity contribution >= 4 is 17.5 Å². The average Bonchev–Trinajstić information content (AvgIpc) is 3.42. The van der Waals surface area contributed by atoms with Gasteiger partial charge in [-0.2, -0.15) is 14.6 Å². The standard InChI is InChI=1S/C25H33N7O2/c1-16(2)21-12-26-32-24(21)28-22(15-30-13-19(14-30)31-10-6-9-23(31)33)29-25(32)27-17(3)18-7-5-8-20(11-18)34-4/h5,7-8,11-12,16-17,19H,6,9-10,13-15H2,1-4H3,(H,27,28,29). The van der Waals surface area contributed by atoms with E-state index in [4.69, 9.17) is 14.7 Å². The molecule has 1 unspecified atom stereocenters. The number of methoxy groups -OCH3 is 1. The van der Waals surface area contributed by atoms with Gasteiger partial charge in [-0.15, -0.1) is 0 Å². The first kappa shape index (κ1) is 22.6. The molecule has 0 saturated carbocycles. The molecule has 0 aliphatic carbocycles. The number of benzene rings is 1. The Labute approximate surface area is 200 Å². The molecule has 2 aliphatic heterocycles. The normalized spacial score (nSPS) is 18.0. The molecule has 34 heavy (non-hydrogen) atoms. The number of carbonyl (C=O) groups is 1. The molecule has 1 N–H and O–H groups in total. The summed E-state index contributed by atoms with van der Waals surface area (Å²) < 4.78 is 7.19. The highest BCUT2D eigenvalue weighted by Gasteiger charge is 2.36. The van der Waals surface area contributed by atoms with Crippen molar-refractivity contribution in [2.45, 2.75) is 58.2 Å². The van der Waals surface area contributed by atoms with Crippen LogP contribution in [-0.2, 0) is 11.3 Å². The number of hydrogen-bond acceptors (Lipinski definition) is 7. The van der Waals surface area contributed by atoms with Gasteiger partial charge in [0.1, 0.15) is 11.6 Å². The minimum Gasteiger partial charge on any atom is -0.497 e. The maximum Gasteiger partial charge on any atom is 0.228 e. The summed E-state index contributed by atoms with van der Waals surface area (Å²) in [4.78, 5) is 26.2. The van der Waals surface area contributed by atoms with Crippen LogP contribution in [-0.4, -0.2) is 68.1 Å². The highest BCUT2D eigenvalue weighted by molar-refractivity contribution is 5.78. The van der Waals surface area contributed by atoms with E-state index >= 15 is 0 Å². The number of nitrogens with zero attached hydrogens (tertiary/aromatic N) is 6. The highest BCUT2D eigenvalue weighted by Crippen LogP contribution is 2.26. The summed E-state index contributed by atoms with van der Waals surface area (Å²) in [7, 11) is 1.68. The Hall–Kier alpha value is -3.20. The van der Waals surface area contributed by atoms with Gasteiger partial charge in [-0.1, -0.05) is 26.0 Å². The lowest BCUT2D eigenvalue weighted by molar-refractivity contribution is -0.133. The van der Waals surface area contributed by atoms with Crippen LogP contribution in [0.15, 0.2) is 30.5 Å². The third kappa shape index (κ3) is 4.32. The lowest BCUT2D eigenvalue weighted by atomic mass is 10.1. The van der Waals surface area contributed by atoms with E-state index < -0.39 is 0 Å².